The summed E-state index contributed by atoms with van der Waals surface area (Å²) in [5, 5.41) is 12.1. The topological polar surface area (TPSA) is 76.9 Å². The van der Waals surface area contributed by atoms with Crippen LogP contribution in [0.3, 0.4) is 0 Å². The third-order valence-corrected chi connectivity index (χ3v) is 5.82. The van der Waals surface area contributed by atoms with Gasteiger partial charge in [-0.15, -0.1) is 0 Å². The van der Waals surface area contributed by atoms with Gasteiger partial charge in [-0.25, -0.2) is 4.98 Å². The molecule has 0 radical (unpaired) electrons. The highest BCUT2D eigenvalue weighted by atomic mass is 79.9. The van der Waals surface area contributed by atoms with Gasteiger partial charge >= 0.3 is 0 Å². The Morgan fingerprint density at radius 3 is 3.11 bits per heavy atom. The molecule has 0 aliphatic carbocycles. The van der Waals surface area contributed by atoms with Crippen LogP contribution >= 0.6 is 27.3 Å². The molecule has 2 aliphatic rings. The number of halogens is 1. The smallest absolute Gasteiger partial charge is 0.197 e. The summed E-state index contributed by atoms with van der Waals surface area (Å²) in [7, 11) is 0. The van der Waals surface area contributed by atoms with Crippen molar-refractivity contribution in [1.82, 2.24) is 10.4 Å². The van der Waals surface area contributed by atoms with Crippen LogP contribution in [0, 0.1) is 0 Å². The summed E-state index contributed by atoms with van der Waals surface area (Å²) in [5.74, 6) is 1.60. The third-order valence-electron chi connectivity index (χ3n) is 4.34. The molecule has 0 atom stereocenters. The molecule has 1 aromatic heterocycles. The van der Waals surface area contributed by atoms with Crippen molar-refractivity contribution in [2.24, 2.45) is 10.1 Å². The Labute approximate surface area is 168 Å². The first-order valence-electron chi connectivity index (χ1n) is 8.57. The van der Waals surface area contributed by atoms with E-state index in [1.807, 2.05) is 30.3 Å². The van der Waals surface area contributed by atoms with Gasteiger partial charge < -0.3 is 15.5 Å². The van der Waals surface area contributed by atoms with Crippen LogP contribution in [0.15, 0.2) is 57.0 Å². The van der Waals surface area contributed by atoms with Crippen molar-refractivity contribution in [2.45, 2.75) is 0 Å². The molecule has 2 aromatic carbocycles. The van der Waals surface area contributed by atoms with E-state index in [4.69, 9.17) is 4.99 Å². The SMILES string of the molecule is Brc1ccc2c(c1)N1CNN=C1C(=NCCNc1nc3ccccc3s1)N2. The van der Waals surface area contributed by atoms with E-state index in [0.29, 0.717) is 19.8 Å². The van der Waals surface area contributed by atoms with Crippen molar-refractivity contribution in [3.8, 4) is 0 Å². The second kappa shape index (κ2) is 6.82. The second-order valence-electron chi connectivity index (χ2n) is 6.11. The number of nitrogens with one attached hydrogen (secondary N) is 3. The van der Waals surface area contributed by atoms with E-state index < -0.39 is 0 Å². The van der Waals surface area contributed by atoms with E-state index in [0.717, 1.165) is 38.2 Å². The molecule has 0 spiro atoms. The van der Waals surface area contributed by atoms with Crippen LogP contribution in [-0.2, 0) is 0 Å². The molecule has 0 bridgehead atoms. The van der Waals surface area contributed by atoms with Crippen LogP contribution in [0.4, 0.5) is 16.5 Å². The average Bonchev–Trinajstić information content (AvgIpc) is 3.32. The molecular formula is C18H16BrN7S. The van der Waals surface area contributed by atoms with Crippen LogP contribution in [0.5, 0.6) is 0 Å². The number of nitrogens with zero attached hydrogens (tertiary/aromatic N) is 4. The van der Waals surface area contributed by atoms with Crippen molar-refractivity contribution in [3.05, 3.63) is 46.9 Å². The van der Waals surface area contributed by atoms with Crippen molar-refractivity contribution >= 4 is 65.7 Å². The Bertz CT molecular complexity index is 1040. The van der Waals surface area contributed by atoms with Gasteiger partial charge in [-0.05, 0) is 30.3 Å². The number of hydrogen-bond acceptors (Lipinski definition) is 7. The first kappa shape index (κ1) is 16.5. The first-order chi connectivity index (χ1) is 13.3. The maximum atomic E-state index is 4.71. The van der Waals surface area contributed by atoms with Gasteiger partial charge in [-0.2, -0.15) is 5.10 Å². The van der Waals surface area contributed by atoms with Crippen LogP contribution in [0.25, 0.3) is 10.2 Å². The number of anilines is 3. The Hall–Kier alpha value is -2.65. The van der Waals surface area contributed by atoms with E-state index in [-0.39, 0.29) is 0 Å². The largest absolute Gasteiger partial charge is 0.360 e. The highest BCUT2D eigenvalue weighted by molar-refractivity contribution is 9.10. The van der Waals surface area contributed by atoms with Crippen molar-refractivity contribution < 1.29 is 0 Å². The standard InChI is InChI=1S/C18H16BrN7S/c19-11-5-6-12-14(9-11)26-10-22-25-17(26)16(23-12)20-7-8-21-18-24-13-3-1-2-4-15(13)27-18/h1-6,9,22H,7-8,10H2,(H,20,23)(H,21,24). The predicted molar refractivity (Wildman–Crippen MR) is 116 cm³/mol. The second-order valence-corrected chi connectivity index (χ2v) is 8.06. The van der Waals surface area contributed by atoms with E-state index in [2.05, 4.69) is 59.1 Å². The fourth-order valence-electron chi connectivity index (χ4n) is 3.10. The lowest BCUT2D eigenvalue weighted by Gasteiger charge is -2.29. The molecule has 9 heteroatoms. The van der Waals surface area contributed by atoms with Gasteiger partial charge in [0.2, 0.25) is 0 Å². The zero-order chi connectivity index (χ0) is 18.2. The minimum atomic E-state index is 0.622. The van der Waals surface area contributed by atoms with E-state index in [9.17, 15) is 0 Å². The Kier molecular flexibility index (Phi) is 4.17. The molecule has 2 aliphatic heterocycles. The highest BCUT2D eigenvalue weighted by Crippen LogP contribution is 2.34. The fraction of sp³-hybridized carbons (Fsp3) is 0.167. The monoisotopic (exact) mass is 441 g/mol. The van der Waals surface area contributed by atoms with Crippen LogP contribution in [-0.4, -0.2) is 36.4 Å². The fourth-order valence-corrected chi connectivity index (χ4v) is 4.34. The number of aromatic nitrogens is 1. The molecule has 0 saturated heterocycles. The van der Waals surface area contributed by atoms with Crippen LogP contribution in [0.1, 0.15) is 0 Å². The van der Waals surface area contributed by atoms with Crippen LogP contribution in [0.2, 0.25) is 0 Å². The first-order valence-corrected chi connectivity index (χ1v) is 10.2. The summed E-state index contributed by atoms with van der Waals surface area (Å²) in [6.07, 6.45) is 0. The lowest BCUT2D eigenvalue weighted by Crippen LogP contribution is -2.42. The van der Waals surface area contributed by atoms with Gasteiger partial charge in [-0.1, -0.05) is 39.4 Å². The average molecular weight is 442 g/mol. The van der Waals surface area contributed by atoms with Gasteiger partial charge in [0.05, 0.1) is 28.1 Å². The lowest BCUT2D eigenvalue weighted by atomic mass is 10.2. The quantitative estimate of drug-likeness (QED) is 0.538. The van der Waals surface area contributed by atoms with Crippen LogP contribution < -0.4 is 21.0 Å². The highest BCUT2D eigenvalue weighted by Gasteiger charge is 2.30. The summed E-state index contributed by atoms with van der Waals surface area (Å²) in [6.45, 7) is 1.97. The molecule has 7 nitrogen and oxygen atoms in total. The summed E-state index contributed by atoms with van der Waals surface area (Å²) < 4.78 is 2.22. The number of amidine groups is 2. The number of hydrogen-bond donors (Lipinski definition) is 3. The van der Waals surface area contributed by atoms with Gasteiger partial charge in [0.25, 0.3) is 0 Å². The minimum absolute atomic E-state index is 0.622. The molecule has 5 rings (SSSR count). The molecule has 0 saturated carbocycles. The maximum absolute atomic E-state index is 4.71. The Morgan fingerprint density at radius 1 is 1.26 bits per heavy atom. The molecule has 136 valence electrons. The number of rotatable bonds is 4. The number of para-hydroxylation sites is 1. The Balaban J connectivity index is 1.29. The number of hydrazone groups is 1. The molecule has 0 unspecified atom stereocenters. The van der Waals surface area contributed by atoms with E-state index in [1.54, 1.807) is 11.3 Å². The van der Waals surface area contributed by atoms with Gasteiger partial charge in [0, 0.05) is 11.0 Å². The number of fused-ring (bicyclic) bond motifs is 4. The zero-order valence-corrected chi connectivity index (χ0v) is 16.6. The van der Waals surface area contributed by atoms with E-state index in [1.165, 1.54) is 4.70 Å². The van der Waals surface area contributed by atoms with Gasteiger partial charge in [0.15, 0.2) is 16.8 Å². The summed E-state index contributed by atoms with van der Waals surface area (Å²) >= 11 is 5.19. The predicted octanol–water partition coefficient (Wildman–Crippen LogP) is 3.68. The number of aliphatic imine (C=N–C) groups is 1. The Morgan fingerprint density at radius 2 is 2.19 bits per heavy atom. The minimum Gasteiger partial charge on any atom is -0.360 e. The molecule has 3 aromatic rings. The van der Waals surface area contributed by atoms with Crippen molar-refractivity contribution in [3.63, 3.8) is 0 Å². The number of thiazole rings is 1. The molecule has 0 amide bonds. The van der Waals surface area contributed by atoms with Crippen molar-refractivity contribution in [2.75, 3.05) is 35.3 Å². The van der Waals surface area contributed by atoms with E-state index >= 15 is 0 Å². The summed E-state index contributed by atoms with van der Waals surface area (Å²) in [6, 6.07) is 14.3. The van der Waals surface area contributed by atoms with Gasteiger partial charge in [0.1, 0.15) is 6.67 Å². The third kappa shape index (κ3) is 3.13. The molecular weight excluding hydrogens is 426 g/mol. The maximum Gasteiger partial charge on any atom is 0.197 e. The van der Waals surface area contributed by atoms with Crippen molar-refractivity contribution in [1.29, 1.82) is 0 Å². The molecule has 3 heterocycles. The number of benzene rings is 2. The lowest BCUT2D eigenvalue weighted by molar-refractivity contribution is 0.808. The summed E-state index contributed by atoms with van der Waals surface area (Å²) in [5.41, 5.74) is 6.17. The normalized spacial score (nSPS) is 16.6. The van der Waals surface area contributed by atoms with Gasteiger partial charge in [-0.3, -0.25) is 10.4 Å². The molecule has 3 N–H and O–H groups in total. The molecule has 27 heavy (non-hydrogen) atoms. The molecule has 0 fully saturated rings. The summed E-state index contributed by atoms with van der Waals surface area (Å²) in [4.78, 5) is 11.4. The zero-order valence-electron chi connectivity index (χ0n) is 14.2.